The summed E-state index contributed by atoms with van der Waals surface area (Å²) in [6, 6.07) is 0. The van der Waals surface area contributed by atoms with Crippen LogP contribution in [0.4, 0.5) is 0 Å². The van der Waals surface area contributed by atoms with Gasteiger partial charge in [-0.2, -0.15) is 0 Å². The molecule has 1 heterocycles. The van der Waals surface area contributed by atoms with Crippen molar-refractivity contribution in [3.63, 3.8) is 0 Å². The number of thiocarbonyl (C=S) groups is 1. The van der Waals surface area contributed by atoms with Gasteiger partial charge in [-0.15, -0.1) is 0 Å². The Labute approximate surface area is 76.6 Å². The zero-order valence-electron chi connectivity index (χ0n) is 7.26. The van der Waals surface area contributed by atoms with E-state index in [9.17, 15) is 4.79 Å². The Morgan fingerprint density at radius 2 is 2.00 bits per heavy atom. The molecule has 2 N–H and O–H groups in total. The lowest BCUT2D eigenvalue weighted by Crippen LogP contribution is -2.21. The molecular weight excluding hydrogens is 174 g/mol. The fourth-order valence-corrected chi connectivity index (χ4v) is 1.04. The number of rotatable bonds is 1. The molecule has 1 aliphatic heterocycles. The van der Waals surface area contributed by atoms with E-state index in [1.807, 2.05) is 25.9 Å². The molecule has 66 valence electrons. The van der Waals surface area contributed by atoms with Crippen molar-refractivity contribution in [1.82, 2.24) is 15.5 Å². The Bertz CT molecular complexity index is 270. The molecule has 0 aromatic carbocycles. The van der Waals surface area contributed by atoms with Crippen LogP contribution < -0.4 is 10.6 Å². The molecule has 0 aromatic heterocycles. The van der Waals surface area contributed by atoms with Gasteiger partial charge in [-0.3, -0.25) is 10.1 Å². The van der Waals surface area contributed by atoms with Crippen molar-refractivity contribution < 1.29 is 4.79 Å². The molecule has 4 nitrogen and oxygen atoms in total. The van der Waals surface area contributed by atoms with E-state index in [4.69, 9.17) is 12.2 Å². The largest absolute Gasteiger partial charge is 0.379 e. The summed E-state index contributed by atoms with van der Waals surface area (Å²) in [6.07, 6.45) is 0. The van der Waals surface area contributed by atoms with Gasteiger partial charge in [0.2, 0.25) is 0 Å². The van der Waals surface area contributed by atoms with Gasteiger partial charge in [0.05, 0.1) is 0 Å². The minimum Gasteiger partial charge on any atom is -0.379 e. The summed E-state index contributed by atoms with van der Waals surface area (Å²) in [6.45, 7) is 1.86. The van der Waals surface area contributed by atoms with E-state index in [0.717, 1.165) is 5.70 Å². The summed E-state index contributed by atoms with van der Waals surface area (Å²) in [4.78, 5) is 13.0. The Morgan fingerprint density at radius 3 is 2.33 bits per heavy atom. The molecule has 1 aliphatic rings. The Kier molecular flexibility index (Phi) is 2.32. The lowest BCUT2D eigenvalue weighted by atomic mass is 10.3. The first kappa shape index (κ1) is 8.99. The number of carbonyl (C=O) groups excluding carboxylic acids is 1. The second-order valence-electron chi connectivity index (χ2n) is 2.76. The summed E-state index contributed by atoms with van der Waals surface area (Å²) >= 11 is 4.78. The number of hydrogen-bond acceptors (Lipinski definition) is 3. The average molecular weight is 185 g/mol. The normalized spacial score (nSPS) is 20.2. The maximum atomic E-state index is 11.2. The fraction of sp³-hybridized carbons (Fsp3) is 0.429. The number of nitrogens with zero attached hydrogens (tertiary/aromatic N) is 1. The zero-order valence-corrected chi connectivity index (χ0v) is 8.08. The van der Waals surface area contributed by atoms with Crippen molar-refractivity contribution in [3.8, 4) is 0 Å². The third-order valence-corrected chi connectivity index (χ3v) is 1.93. The van der Waals surface area contributed by atoms with Crippen LogP contribution in [0.3, 0.4) is 0 Å². The van der Waals surface area contributed by atoms with Crippen LogP contribution in [0.25, 0.3) is 0 Å². The first-order valence-electron chi connectivity index (χ1n) is 3.53. The predicted octanol–water partition coefficient (Wildman–Crippen LogP) is -0.216. The van der Waals surface area contributed by atoms with Gasteiger partial charge < -0.3 is 10.2 Å². The van der Waals surface area contributed by atoms with Gasteiger partial charge in [0.1, 0.15) is 5.70 Å². The topological polar surface area (TPSA) is 44.4 Å². The highest BCUT2D eigenvalue weighted by molar-refractivity contribution is 7.80. The molecule has 0 aliphatic carbocycles. The van der Waals surface area contributed by atoms with Crippen molar-refractivity contribution in [3.05, 3.63) is 11.4 Å². The van der Waals surface area contributed by atoms with Crippen molar-refractivity contribution in [2.75, 3.05) is 14.1 Å². The molecule has 1 amide bonds. The van der Waals surface area contributed by atoms with Crippen LogP contribution in [-0.4, -0.2) is 30.0 Å². The molecule has 0 atom stereocenters. The van der Waals surface area contributed by atoms with E-state index in [1.165, 1.54) is 0 Å². The van der Waals surface area contributed by atoms with Crippen molar-refractivity contribution >= 4 is 23.2 Å². The number of amides is 1. The number of carbonyl (C=O) groups is 1. The van der Waals surface area contributed by atoms with Crippen molar-refractivity contribution in [2.24, 2.45) is 0 Å². The third-order valence-electron chi connectivity index (χ3n) is 1.73. The lowest BCUT2D eigenvalue weighted by molar-refractivity contribution is -0.115. The smallest absolute Gasteiger partial charge is 0.275 e. The van der Waals surface area contributed by atoms with Gasteiger partial charge in [0, 0.05) is 19.8 Å². The molecule has 0 unspecified atom stereocenters. The molecule has 1 fully saturated rings. The van der Waals surface area contributed by atoms with Gasteiger partial charge in [-0.1, -0.05) is 0 Å². The van der Waals surface area contributed by atoms with Crippen LogP contribution in [0, 0.1) is 0 Å². The van der Waals surface area contributed by atoms with Crippen LogP contribution in [0.2, 0.25) is 0 Å². The van der Waals surface area contributed by atoms with E-state index >= 15 is 0 Å². The summed E-state index contributed by atoms with van der Waals surface area (Å²) < 4.78 is 0. The second kappa shape index (κ2) is 3.10. The maximum Gasteiger partial charge on any atom is 0.275 e. The molecule has 5 heteroatoms. The summed E-state index contributed by atoms with van der Waals surface area (Å²) in [7, 11) is 3.75. The molecular formula is C7H11N3OS. The standard InChI is InChI=1S/C7H11N3OS/c1-4(10(2)3)5-6(11)9-7(12)8-5/h1-3H3,(H2,8,9,11,12)/b5-4+. The first-order valence-corrected chi connectivity index (χ1v) is 3.93. The van der Waals surface area contributed by atoms with Crippen LogP contribution in [-0.2, 0) is 4.79 Å². The molecule has 1 saturated heterocycles. The molecule has 0 saturated carbocycles. The maximum absolute atomic E-state index is 11.2. The summed E-state index contributed by atoms with van der Waals surface area (Å²) in [5.41, 5.74) is 1.40. The highest BCUT2D eigenvalue weighted by Gasteiger charge is 2.22. The van der Waals surface area contributed by atoms with Gasteiger partial charge >= 0.3 is 0 Å². The first-order chi connectivity index (χ1) is 5.52. The van der Waals surface area contributed by atoms with E-state index in [-0.39, 0.29) is 5.91 Å². The molecule has 0 aromatic rings. The van der Waals surface area contributed by atoms with Gasteiger partial charge in [0.25, 0.3) is 5.91 Å². The van der Waals surface area contributed by atoms with Crippen LogP contribution in [0.15, 0.2) is 11.4 Å². The van der Waals surface area contributed by atoms with E-state index in [0.29, 0.717) is 10.8 Å². The van der Waals surface area contributed by atoms with E-state index in [2.05, 4.69) is 10.6 Å². The lowest BCUT2D eigenvalue weighted by Gasteiger charge is -2.13. The molecule has 0 spiro atoms. The van der Waals surface area contributed by atoms with E-state index < -0.39 is 0 Å². The van der Waals surface area contributed by atoms with Gasteiger partial charge in [-0.05, 0) is 19.1 Å². The van der Waals surface area contributed by atoms with Crippen LogP contribution >= 0.6 is 12.2 Å². The SMILES string of the molecule is C/C(=C1\NC(=S)NC1=O)N(C)C. The number of allylic oxidation sites excluding steroid dienone is 1. The fourth-order valence-electron chi connectivity index (χ4n) is 0.846. The Balaban J connectivity index is 2.95. The predicted molar refractivity (Wildman–Crippen MR) is 50.3 cm³/mol. The monoisotopic (exact) mass is 185 g/mol. The number of nitrogens with one attached hydrogen (secondary N) is 2. The van der Waals surface area contributed by atoms with Crippen molar-refractivity contribution in [1.29, 1.82) is 0 Å². The summed E-state index contributed by atoms with van der Waals surface area (Å²) in [5, 5.41) is 5.66. The van der Waals surface area contributed by atoms with E-state index in [1.54, 1.807) is 0 Å². The van der Waals surface area contributed by atoms with Crippen LogP contribution in [0.5, 0.6) is 0 Å². The molecule has 0 bridgehead atoms. The summed E-state index contributed by atoms with van der Waals surface area (Å²) in [5.74, 6) is -0.161. The third kappa shape index (κ3) is 1.55. The van der Waals surface area contributed by atoms with Gasteiger partial charge in [0.15, 0.2) is 5.11 Å². The Hall–Kier alpha value is -1.10. The second-order valence-corrected chi connectivity index (χ2v) is 3.17. The zero-order chi connectivity index (χ0) is 9.30. The Morgan fingerprint density at radius 1 is 1.42 bits per heavy atom. The average Bonchev–Trinajstić information content (AvgIpc) is 2.28. The highest BCUT2D eigenvalue weighted by Crippen LogP contribution is 2.07. The highest BCUT2D eigenvalue weighted by atomic mass is 32.1. The minimum atomic E-state index is -0.161. The van der Waals surface area contributed by atoms with Crippen LogP contribution in [0.1, 0.15) is 6.92 Å². The molecule has 0 radical (unpaired) electrons. The molecule has 1 rings (SSSR count). The molecule has 12 heavy (non-hydrogen) atoms. The quantitative estimate of drug-likeness (QED) is 0.438. The minimum absolute atomic E-state index is 0.161. The van der Waals surface area contributed by atoms with Gasteiger partial charge in [-0.25, -0.2) is 0 Å². The number of hydrogen-bond donors (Lipinski definition) is 2. The van der Waals surface area contributed by atoms with Crippen molar-refractivity contribution in [2.45, 2.75) is 6.92 Å².